The average molecular weight is 286 g/mol. The topological polar surface area (TPSA) is 26.3 Å². The molecule has 0 aromatic heterocycles. The fourth-order valence-corrected chi connectivity index (χ4v) is 2.18. The van der Waals surface area contributed by atoms with Gasteiger partial charge in [0.25, 0.3) is 5.97 Å². The molecule has 1 aliphatic rings. The van der Waals surface area contributed by atoms with Gasteiger partial charge in [-0.05, 0) is 19.3 Å². The van der Waals surface area contributed by atoms with Crippen LogP contribution in [0.15, 0.2) is 0 Å². The van der Waals surface area contributed by atoms with E-state index in [0.29, 0.717) is 18.4 Å². The third-order valence-electron chi connectivity index (χ3n) is 3.32. The van der Waals surface area contributed by atoms with E-state index in [1.165, 1.54) is 25.7 Å². The SMILES string of the molecule is C[CH-]CC(=O)OCC1(CC)CCCC1.[Y]. The van der Waals surface area contributed by atoms with Crippen molar-refractivity contribution < 1.29 is 42.2 Å². The van der Waals surface area contributed by atoms with Crippen LogP contribution in [0.3, 0.4) is 0 Å². The summed E-state index contributed by atoms with van der Waals surface area (Å²) in [7, 11) is 0. The monoisotopic (exact) mass is 286 g/mol. The van der Waals surface area contributed by atoms with Crippen LogP contribution in [0.2, 0.25) is 0 Å². The van der Waals surface area contributed by atoms with E-state index in [0.717, 1.165) is 6.42 Å². The van der Waals surface area contributed by atoms with Gasteiger partial charge in [0.1, 0.15) is 0 Å². The Morgan fingerprint density at radius 2 is 2.00 bits per heavy atom. The van der Waals surface area contributed by atoms with Gasteiger partial charge in [-0.25, -0.2) is 0 Å². The van der Waals surface area contributed by atoms with E-state index >= 15 is 0 Å². The smallest absolute Gasteiger partial charge is 0.275 e. The molecule has 15 heavy (non-hydrogen) atoms. The zero-order valence-corrected chi connectivity index (χ0v) is 12.8. The molecule has 0 bridgehead atoms. The van der Waals surface area contributed by atoms with E-state index < -0.39 is 0 Å². The maximum atomic E-state index is 11.2. The number of ether oxygens (including phenoxy) is 1. The zero-order chi connectivity index (χ0) is 10.4. The molecule has 0 saturated heterocycles. The van der Waals surface area contributed by atoms with Crippen LogP contribution in [0.4, 0.5) is 0 Å². The van der Waals surface area contributed by atoms with Crippen molar-refractivity contribution in [1.82, 2.24) is 0 Å². The zero-order valence-electron chi connectivity index (χ0n) is 9.92. The molecule has 0 N–H and O–H groups in total. The van der Waals surface area contributed by atoms with E-state index in [9.17, 15) is 4.79 Å². The van der Waals surface area contributed by atoms with Crippen LogP contribution in [-0.2, 0) is 42.2 Å². The Bertz CT molecular complexity index is 186. The first-order valence-corrected chi connectivity index (χ1v) is 5.66. The number of esters is 1. The van der Waals surface area contributed by atoms with Gasteiger partial charge in [-0.1, -0.05) is 26.2 Å². The van der Waals surface area contributed by atoms with E-state index in [4.69, 9.17) is 4.74 Å². The molecule has 0 aliphatic heterocycles. The van der Waals surface area contributed by atoms with Crippen molar-refractivity contribution in [3.05, 3.63) is 6.42 Å². The summed E-state index contributed by atoms with van der Waals surface area (Å²) in [6, 6.07) is 0. The molecule has 0 aromatic rings. The van der Waals surface area contributed by atoms with E-state index in [-0.39, 0.29) is 38.7 Å². The summed E-state index contributed by atoms with van der Waals surface area (Å²) >= 11 is 0. The second-order valence-corrected chi connectivity index (χ2v) is 4.33. The largest absolute Gasteiger partial charge is 0.467 e. The standard InChI is InChI=1S/C12H21O2.Y/c1-3-7-11(13)14-10-12(4-2)8-5-6-9-12;/h3H,4-10H2,1-2H3;/q-1;. The van der Waals surface area contributed by atoms with Gasteiger partial charge in [0.05, 0.1) is 6.61 Å². The maximum absolute atomic E-state index is 11.2. The summed E-state index contributed by atoms with van der Waals surface area (Å²) in [5.74, 6) is -0.0766. The minimum Gasteiger partial charge on any atom is -0.467 e. The van der Waals surface area contributed by atoms with Crippen LogP contribution >= 0.6 is 0 Å². The predicted octanol–water partition coefficient (Wildman–Crippen LogP) is 3.11. The van der Waals surface area contributed by atoms with Crippen LogP contribution in [0.5, 0.6) is 0 Å². The Kier molecular flexibility index (Phi) is 8.08. The molecule has 0 unspecified atom stereocenters. The molecule has 0 amide bonds. The van der Waals surface area contributed by atoms with Crippen molar-refractivity contribution in [2.75, 3.05) is 6.61 Å². The summed E-state index contributed by atoms with van der Waals surface area (Å²) in [4.78, 5) is 11.2. The first-order valence-electron chi connectivity index (χ1n) is 5.66. The maximum Gasteiger partial charge on any atom is 0.275 e. The summed E-state index contributed by atoms with van der Waals surface area (Å²) < 4.78 is 5.29. The normalized spacial score (nSPS) is 18.3. The fraction of sp³-hybridized carbons (Fsp3) is 0.833. The van der Waals surface area contributed by atoms with Gasteiger partial charge in [0.2, 0.25) is 0 Å². The molecule has 1 fully saturated rings. The van der Waals surface area contributed by atoms with Gasteiger partial charge in [-0.2, -0.15) is 6.92 Å². The van der Waals surface area contributed by atoms with Crippen LogP contribution in [0.1, 0.15) is 52.4 Å². The Balaban J connectivity index is 0.00000196. The van der Waals surface area contributed by atoms with Crippen molar-refractivity contribution in [2.24, 2.45) is 5.41 Å². The molecule has 0 aromatic carbocycles. The molecule has 0 heterocycles. The first kappa shape index (κ1) is 15.6. The Morgan fingerprint density at radius 3 is 2.47 bits per heavy atom. The van der Waals surface area contributed by atoms with Gasteiger partial charge < -0.3 is 11.2 Å². The minimum absolute atomic E-state index is 0. The third-order valence-corrected chi connectivity index (χ3v) is 3.32. The summed E-state index contributed by atoms with van der Waals surface area (Å²) in [5.41, 5.74) is 0.309. The second kappa shape index (κ2) is 7.78. The fourth-order valence-electron chi connectivity index (χ4n) is 2.18. The van der Waals surface area contributed by atoms with E-state index in [2.05, 4.69) is 6.92 Å². The van der Waals surface area contributed by atoms with Crippen molar-refractivity contribution in [3.8, 4) is 0 Å². The second-order valence-electron chi connectivity index (χ2n) is 4.33. The Morgan fingerprint density at radius 1 is 1.40 bits per heavy atom. The van der Waals surface area contributed by atoms with Crippen LogP contribution in [0, 0.1) is 11.8 Å². The predicted molar refractivity (Wildman–Crippen MR) is 56.7 cm³/mol. The minimum atomic E-state index is -0.0766. The Hall–Kier alpha value is 0.574. The van der Waals surface area contributed by atoms with Crippen molar-refractivity contribution >= 4 is 5.97 Å². The van der Waals surface area contributed by atoms with Gasteiger partial charge in [0.15, 0.2) is 0 Å². The molecule has 0 spiro atoms. The van der Waals surface area contributed by atoms with Crippen LogP contribution < -0.4 is 0 Å². The molecule has 0 atom stereocenters. The molecule has 1 radical (unpaired) electrons. The van der Waals surface area contributed by atoms with Crippen LogP contribution in [0.25, 0.3) is 0 Å². The molecule has 1 rings (SSSR count). The van der Waals surface area contributed by atoms with E-state index in [1.807, 2.05) is 13.3 Å². The molecule has 85 valence electrons. The van der Waals surface area contributed by atoms with Gasteiger partial charge in [-0.15, -0.1) is 0 Å². The van der Waals surface area contributed by atoms with Crippen LogP contribution in [-0.4, -0.2) is 12.6 Å². The number of carbonyl (C=O) groups excluding carboxylic acids is 1. The third kappa shape index (κ3) is 4.95. The van der Waals surface area contributed by atoms with E-state index in [1.54, 1.807) is 0 Å². The Labute approximate surface area is 118 Å². The molecular weight excluding hydrogens is 265 g/mol. The molecular formula is C12H21O2Y-. The summed E-state index contributed by atoms with van der Waals surface area (Å²) in [6.07, 6.45) is 8.47. The molecule has 1 saturated carbocycles. The number of hydrogen-bond donors (Lipinski definition) is 0. The molecule has 1 aliphatic carbocycles. The van der Waals surface area contributed by atoms with Gasteiger partial charge in [-0.3, -0.25) is 4.79 Å². The average Bonchev–Trinajstić information content (AvgIpc) is 2.65. The van der Waals surface area contributed by atoms with Crippen molar-refractivity contribution in [2.45, 2.75) is 52.4 Å². The first-order chi connectivity index (χ1) is 6.72. The van der Waals surface area contributed by atoms with Gasteiger partial charge >= 0.3 is 0 Å². The van der Waals surface area contributed by atoms with Crippen molar-refractivity contribution in [1.29, 1.82) is 0 Å². The summed E-state index contributed by atoms with van der Waals surface area (Å²) in [5, 5.41) is 0. The number of rotatable bonds is 5. The quantitative estimate of drug-likeness (QED) is 0.573. The summed E-state index contributed by atoms with van der Waals surface area (Å²) in [6.45, 7) is 4.72. The number of hydrogen-bond acceptors (Lipinski definition) is 2. The molecule has 3 heteroatoms. The number of carbonyl (C=O) groups is 1. The van der Waals surface area contributed by atoms with Crippen molar-refractivity contribution in [3.63, 3.8) is 0 Å². The molecule has 2 nitrogen and oxygen atoms in total. The van der Waals surface area contributed by atoms with Gasteiger partial charge in [0, 0.05) is 38.1 Å².